The summed E-state index contributed by atoms with van der Waals surface area (Å²) in [4.78, 5) is 0. The number of anilines is 1. The van der Waals surface area contributed by atoms with Crippen molar-refractivity contribution < 1.29 is 10.2 Å². The highest BCUT2D eigenvalue weighted by molar-refractivity contribution is 5.53. The van der Waals surface area contributed by atoms with Gasteiger partial charge < -0.3 is 21.7 Å². The Labute approximate surface area is 76.8 Å². The summed E-state index contributed by atoms with van der Waals surface area (Å²) in [6, 6.07) is 4.20. The Bertz CT molecular complexity index is 300. The van der Waals surface area contributed by atoms with E-state index in [1.165, 1.54) is 6.07 Å². The molecule has 0 amide bonds. The molecule has 0 spiro atoms. The van der Waals surface area contributed by atoms with Crippen molar-refractivity contribution in [3.63, 3.8) is 0 Å². The standard InChI is InChI=1S/C9H14N2O2/c1-5(12)9(11)6-2-3-8(13)7(10)4-6/h2-5,9,12-13H,10-11H2,1H3. The van der Waals surface area contributed by atoms with Gasteiger partial charge in [-0.05, 0) is 24.6 Å². The van der Waals surface area contributed by atoms with E-state index in [2.05, 4.69) is 0 Å². The number of hydrogen-bond acceptors (Lipinski definition) is 4. The Kier molecular flexibility index (Phi) is 2.75. The van der Waals surface area contributed by atoms with Gasteiger partial charge in [-0.25, -0.2) is 0 Å². The first kappa shape index (κ1) is 9.83. The normalized spacial score (nSPS) is 15.3. The van der Waals surface area contributed by atoms with Gasteiger partial charge in [0.15, 0.2) is 0 Å². The number of nitrogen functional groups attached to an aromatic ring is 1. The van der Waals surface area contributed by atoms with Crippen LogP contribution in [0.3, 0.4) is 0 Å². The second-order valence-corrected chi connectivity index (χ2v) is 3.08. The number of benzene rings is 1. The van der Waals surface area contributed by atoms with Crippen LogP contribution >= 0.6 is 0 Å². The Balaban J connectivity index is 2.97. The highest BCUT2D eigenvalue weighted by Gasteiger charge is 2.12. The van der Waals surface area contributed by atoms with Gasteiger partial charge >= 0.3 is 0 Å². The number of aliphatic hydroxyl groups is 1. The minimum Gasteiger partial charge on any atom is -0.506 e. The fraction of sp³-hybridized carbons (Fsp3) is 0.333. The molecular formula is C9H14N2O2. The predicted octanol–water partition coefficient (Wildman–Crippen LogP) is 0.355. The Hall–Kier alpha value is -1.26. The average Bonchev–Trinajstić information content (AvgIpc) is 2.08. The van der Waals surface area contributed by atoms with Crippen molar-refractivity contribution in [2.45, 2.75) is 19.1 Å². The third kappa shape index (κ3) is 2.11. The molecule has 1 aromatic rings. The Morgan fingerprint density at radius 3 is 2.46 bits per heavy atom. The summed E-state index contributed by atoms with van der Waals surface area (Å²) in [6.07, 6.45) is -0.635. The van der Waals surface area contributed by atoms with Crippen molar-refractivity contribution in [1.29, 1.82) is 0 Å². The van der Waals surface area contributed by atoms with Gasteiger partial charge in [0.25, 0.3) is 0 Å². The van der Waals surface area contributed by atoms with E-state index in [1.54, 1.807) is 19.1 Å². The van der Waals surface area contributed by atoms with Gasteiger partial charge in [-0.15, -0.1) is 0 Å². The molecule has 2 atom stereocenters. The molecule has 4 nitrogen and oxygen atoms in total. The molecule has 0 fully saturated rings. The maximum Gasteiger partial charge on any atom is 0.138 e. The smallest absolute Gasteiger partial charge is 0.138 e. The Morgan fingerprint density at radius 1 is 1.38 bits per heavy atom. The summed E-state index contributed by atoms with van der Waals surface area (Å²) in [7, 11) is 0. The summed E-state index contributed by atoms with van der Waals surface area (Å²) in [5.41, 5.74) is 12.1. The summed E-state index contributed by atoms with van der Waals surface area (Å²) in [6.45, 7) is 1.60. The lowest BCUT2D eigenvalue weighted by Gasteiger charge is -2.15. The molecule has 0 saturated heterocycles. The van der Waals surface area contributed by atoms with Gasteiger partial charge in [-0.2, -0.15) is 0 Å². The lowest BCUT2D eigenvalue weighted by molar-refractivity contribution is 0.164. The second kappa shape index (κ2) is 3.64. The molecule has 0 bridgehead atoms. The van der Waals surface area contributed by atoms with Crippen molar-refractivity contribution in [1.82, 2.24) is 0 Å². The summed E-state index contributed by atoms with van der Waals surface area (Å²) >= 11 is 0. The van der Waals surface area contributed by atoms with Crippen molar-refractivity contribution >= 4 is 5.69 Å². The molecule has 0 heterocycles. The molecule has 72 valence electrons. The van der Waals surface area contributed by atoms with Gasteiger partial charge in [-0.1, -0.05) is 6.07 Å². The molecule has 0 aliphatic carbocycles. The van der Waals surface area contributed by atoms with E-state index in [0.717, 1.165) is 0 Å². The van der Waals surface area contributed by atoms with Crippen molar-refractivity contribution in [2.75, 3.05) is 5.73 Å². The minimum absolute atomic E-state index is 0.0292. The summed E-state index contributed by atoms with van der Waals surface area (Å²) < 4.78 is 0. The van der Waals surface area contributed by atoms with Gasteiger partial charge in [0, 0.05) is 0 Å². The van der Waals surface area contributed by atoms with E-state index in [9.17, 15) is 5.11 Å². The van der Waals surface area contributed by atoms with E-state index in [-0.39, 0.29) is 11.4 Å². The first-order chi connectivity index (χ1) is 6.02. The quantitative estimate of drug-likeness (QED) is 0.392. The minimum atomic E-state index is -0.635. The molecule has 4 heteroatoms. The SMILES string of the molecule is CC(O)C(N)c1ccc(O)c(N)c1. The first-order valence-corrected chi connectivity index (χ1v) is 4.04. The van der Waals surface area contributed by atoms with Crippen LogP contribution in [-0.4, -0.2) is 16.3 Å². The van der Waals surface area contributed by atoms with Crippen molar-refractivity contribution in [3.8, 4) is 5.75 Å². The van der Waals surface area contributed by atoms with Crippen LogP contribution in [0.5, 0.6) is 5.75 Å². The number of phenolic OH excluding ortho intramolecular Hbond substituents is 1. The highest BCUT2D eigenvalue weighted by atomic mass is 16.3. The van der Waals surface area contributed by atoms with Gasteiger partial charge in [-0.3, -0.25) is 0 Å². The third-order valence-corrected chi connectivity index (χ3v) is 1.96. The molecule has 6 N–H and O–H groups in total. The van der Waals surface area contributed by atoms with Crippen LogP contribution in [0, 0.1) is 0 Å². The van der Waals surface area contributed by atoms with Gasteiger partial charge in [0.1, 0.15) is 5.75 Å². The van der Waals surface area contributed by atoms with E-state index in [1.807, 2.05) is 0 Å². The number of hydrogen-bond donors (Lipinski definition) is 4. The number of nitrogens with two attached hydrogens (primary N) is 2. The highest BCUT2D eigenvalue weighted by Crippen LogP contribution is 2.24. The van der Waals surface area contributed by atoms with Crippen LogP contribution in [-0.2, 0) is 0 Å². The fourth-order valence-corrected chi connectivity index (χ4v) is 1.06. The number of aromatic hydroxyl groups is 1. The number of rotatable bonds is 2. The van der Waals surface area contributed by atoms with Crippen LogP contribution in [0.25, 0.3) is 0 Å². The molecule has 0 aliphatic rings. The zero-order chi connectivity index (χ0) is 10.0. The second-order valence-electron chi connectivity index (χ2n) is 3.08. The van der Waals surface area contributed by atoms with Crippen LogP contribution in [0.15, 0.2) is 18.2 Å². The average molecular weight is 182 g/mol. The molecule has 0 aromatic heterocycles. The summed E-state index contributed by atoms with van der Waals surface area (Å²) in [5.74, 6) is 0.0292. The van der Waals surface area contributed by atoms with E-state index >= 15 is 0 Å². The van der Waals surface area contributed by atoms with Crippen molar-refractivity contribution in [2.24, 2.45) is 5.73 Å². The first-order valence-electron chi connectivity index (χ1n) is 4.04. The molecule has 0 radical (unpaired) electrons. The van der Waals surface area contributed by atoms with Gasteiger partial charge in [0.05, 0.1) is 17.8 Å². The zero-order valence-electron chi connectivity index (χ0n) is 7.44. The molecule has 1 aromatic carbocycles. The lowest BCUT2D eigenvalue weighted by atomic mass is 10.0. The van der Waals surface area contributed by atoms with Crippen LogP contribution in [0.2, 0.25) is 0 Å². The largest absolute Gasteiger partial charge is 0.506 e. The van der Waals surface area contributed by atoms with Crippen LogP contribution in [0.4, 0.5) is 5.69 Å². The predicted molar refractivity (Wildman–Crippen MR) is 51.1 cm³/mol. The number of phenols is 1. The number of aliphatic hydroxyl groups excluding tert-OH is 1. The maximum atomic E-state index is 9.21. The molecule has 0 saturated carbocycles. The molecule has 0 aliphatic heterocycles. The zero-order valence-corrected chi connectivity index (χ0v) is 7.44. The summed E-state index contributed by atoms with van der Waals surface area (Å²) in [5, 5.41) is 18.3. The van der Waals surface area contributed by atoms with Crippen molar-refractivity contribution in [3.05, 3.63) is 23.8 Å². The Morgan fingerprint density at radius 2 is 2.00 bits per heavy atom. The van der Waals surface area contributed by atoms with E-state index < -0.39 is 12.1 Å². The van der Waals surface area contributed by atoms with Crippen LogP contribution < -0.4 is 11.5 Å². The maximum absolute atomic E-state index is 9.21. The fourth-order valence-electron chi connectivity index (χ4n) is 1.06. The molecule has 1 rings (SSSR count). The molecular weight excluding hydrogens is 168 g/mol. The lowest BCUT2D eigenvalue weighted by Crippen LogP contribution is -2.23. The third-order valence-electron chi connectivity index (χ3n) is 1.96. The van der Waals surface area contributed by atoms with Gasteiger partial charge in [0.2, 0.25) is 0 Å². The van der Waals surface area contributed by atoms with Crippen LogP contribution in [0.1, 0.15) is 18.5 Å². The monoisotopic (exact) mass is 182 g/mol. The molecule has 13 heavy (non-hydrogen) atoms. The van der Waals surface area contributed by atoms with E-state index in [0.29, 0.717) is 5.56 Å². The topological polar surface area (TPSA) is 92.5 Å². The van der Waals surface area contributed by atoms with E-state index in [4.69, 9.17) is 16.6 Å². The molecule has 2 unspecified atom stereocenters.